The number of furan rings is 3. The smallest absolute Gasteiger partial charge is 0.108 e. The molecule has 0 radical (unpaired) electrons. The van der Waals surface area contributed by atoms with Gasteiger partial charge in [0, 0.05) is 75.6 Å². The summed E-state index contributed by atoms with van der Waals surface area (Å²) >= 11 is 0. The molecule has 7 nitrogen and oxygen atoms in total. The van der Waals surface area contributed by atoms with E-state index in [-0.39, 0.29) is 0 Å². The van der Waals surface area contributed by atoms with Gasteiger partial charge in [0.2, 0.25) is 0 Å². The van der Waals surface area contributed by atoms with Gasteiger partial charge in [0.15, 0.2) is 0 Å². The van der Waals surface area contributed by atoms with Crippen LogP contribution in [-0.4, -0.2) is 44.2 Å². The van der Waals surface area contributed by atoms with Gasteiger partial charge in [-0.1, -0.05) is 54.6 Å². The maximum Gasteiger partial charge on any atom is 0.108 e. The Kier molecular flexibility index (Phi) is 10.9. The topological polar surface area (TPSA) is 78.8 Å². The molecule has 0 aliphatic carbocycles. The molecule has 0 amide bonds. The van der Waals surface area contributed by atoms with E-state index in [1.54, 1.807) is 18.8 Å². The molecule has 0 saturated carbocycles. The summed E-state index contributed by atoms with van der Waals surface area (Å²) in [6.07, 6.45) is 7.50. The molecular weight excluding hydrogens is 572 g/mol. The Balaban J connectivity index is 1.07. The van der Waals surface area contributed by atoms with E-state index in [9.17, 15) is 0 Å². The Morgan fingerprint density at radius 1 is 0.391 bits per heavy atom. The third kappa shape index (κ3) is 8.96. The van der Waals surface area contributed by atoms with Crippen molar-refractivity contribution in [3.63, 3.8) is 0 Å². The fraction of sp³-hybridized carbons (Fsp3) is 0.231. The zero-order chi connectivity index (χ0) is 31.2. The Hall–Kier alpha value is -5.14. The second kappa shape index (κ2) is 16.3. The van der Waals surface area contributed by atoms with Crippen molar-refractivity contribution in [1.29, 1.82) is 0 Å². The van der Waals surface area contributed by atoms with E-state index in [4.69, 9.17) is 13.3 Å². The van der Waals surface area contributed by atoms with Crippen molar-refractivity contribution in [1.82, 2.24) is 4.90 Å². The van der Waals surface area contributed by atoms with Crippen molar-refractivity contribution in [3.05, 3.63) is 162 Å². The number of rotatable bonds is 18. The van der Waals surface area contributed by atoms with E-state index in [0.29, 0.717) is 0 Å². The molecule has 0 spiro atoms. The van der Waals surface area contributed by atoms with Gasteiger partial charge in [-0.3, -0.25) is 4.90 Å². The lowest BCUT2D eigenvalue weighted by molar-refractivity contribution is 0.306. The zero-order valence-electron chi connectivity index (χ0n) is 26.2. The molecule has 3 aromatic carbocycles. The number of anilines is 3. The van der Waals surface area contributed by atoms with Gasteiger partial charge >= 0.3 is 0 Å². The molecule has 0 unspecified atom stereocenters. The number of nitrogens with one attached hydrogen (secondary N) is 3. The average Bonchev–Trinajstić information content (AvgIpc) is 3.89. The Morgan fingerprint density at radius 3 is 1.02 bits per heavy atom. The largest absolute Gasteiger partial charge is 0.469 e. The molecule has 0 atom stereocenters. The van der Waals surface area contributed by atoms with Gasteiger partial charge in [-0.2, -0.15) is 0 Å². The van der Waals surface area contributed by atoms with Gasteiger partial charge in [-0.25, -0.2) is 0 Å². The van der Waals surface area contributed by atoms with Crippen LogP contribution in [0.15, 0.2) is 141 Å². The SMILES string of the molecule is c1coc(Cc2ccccc2NCCN(CCNc2ccccc2Cc2ccco2)CCNc2ccccc2Cc2ccco2)c1. The van der Waals surface area contributed by atoms with Crippen LogP contribution in [0.25, 0.3) is 0 Å². The van der Waals surface area contributed by atoms with E-state index >= 15 is 0 Å². The molecule has 0 fully saturated rings. The number of hydrogen-bond acceptors (Lipinski definition) is 7. The summed E-state index contributed by atoms with van der Waals surface area (Å²) in [6, 6.07) is 37.3. The average molecular weight is 615 g/mol. The number of benzene rings is 3. The molecule has 7 heteroatoms. The molecule has 6 aromatic rings. The predicted molar refractivity (Wildman–Crippen MR) is 186 cm³/mol. The van der Waals surface area contributed by atoms with Crippen molar-refractivity contribution in [2.24, 2.45) is 0 Å². The molecular formula is C39H42N4O3. The quantitative estimate of drug-likeness (QED) is 0.0901. The molecule has 3 aromatic heterocycles. The molecule has 3 N–H and O–H groups in total. The summed E-state index contributed by atoms with van der Waals surface area (Å²) < 4.78 is 16.8. The van der Waals surface area contributed by atoms with Crippen molar-refractivity contribution < 1.29 is 13.3 Å². The van der Waals surface area contributed by atoms with Crippen LogP contribution in [0, 0.1) is 0 Å². The Morgan fingerprint density at radius 2 is 0.717 bits per heavy atom. The summed E-state index contributed by atoms with van der Waals surface area (Å²) in [6.45, 7) is 5.21. The standard InChI is InChI=1S/C39H42N4O3/c1-4-16-37(31(10-1)28-34-13-7-25-44-34)40-19-22-43(23-20-41-38-17-5-2-11-32(38)29-35-14-8-26-45-35)24-21-42-39-18-6-3-12-33(39)30-36-15-9-27-46-36/h1-18,25-27,40-42H,19-24,28-30H2. The molecule has 0 aliphatic heterocycles. The highest BCUT2D eigenvalue weighted by Gasteiger charge is 2.11. The zero-order valence-corrected chi connectivity index (χ0v) is 26.2. The summed E-state index contributed by atoms with van der Waals surface area (Å²) in [7, 11) is 0. The highest BCUT2D eigenvalue weighted by molar-refractivity contribution is 5.54. The Labute approximate surface area is 271 Å². The first kappa shape index (κ1) is 30.9. The van der Waals surface area contributed by atoms with Crippen molar-refractivity contribution >= 4 is 17.1 Å². The van der Waals surface area contributed by atoms with E-state index < -0.39 is 0 Å². The molecule has 3 heterocycles. The van der Waals surface area contributed by atoms with Crippen LogP contribution in [0.5, 0.6) is 0 Å². The van der Waals surface area contributed by atoms with E-state index in [1.807, 2.05) is 36.4 Å². The van der Waals surface area contributed by atoms with Crippen LogP contribution in [0.1, 0.15) is 34.0 Å². The first-order valence-corrected chi connectivity index (χ1v) is 16.0. The summed E-state index contributed by atoms with van der Waals surface area (Å²) in [5.41, 5.74) is 7.13. The molecule has 0 bridgehead atoms. The van der Waals surface area contributed by atoms with Crippen LogP contribution in [-0.2, 0) is 19.3 Å². The predicted octanol–water partition coefficient (Wildman–Crippen LogP) is 8.18. The van der Waals surface area contributed by atoms with Crippen LogP contribution >= 0.6 is 0 Å². The van der Waals surface area contributed by atoms with Crippen LogP contribution in [0.3, 0.4) is 0 Å². The first-order valence-electron chi connectivity index (χ1n) is 16.0. The highest BCUT2D eigenvalue weighted by Crippen LogP contribution is 2.22. The summed E-state index contributed by atoms with van der Waals surface area (Å²) in [5, 5.41) is 11.1. The minimum absolute atomic E-state index is 0.766. The second-order valence-corrected chi connectivity index (χ2v) is 11.4. The number of nitrogens with zero attached hydrogens (tertiary/aromatic N) is 1. The van der Waals surface area contributed by atoms with E-state index in [1.165, 1.54) is 16.7 Å². The lowest BCUT2D eigenvalue weighted by atomic mass is 10.1. The molecule has 46 heavy (non-hydrogen) atoms. The van der Waals surface area contributed by atoms with Gasteiger partial charge < -0.3 is 29.2 Å². The lowest BCUT2D eigenvalue weighted by Gasteiger charge is -2.24. The van der Waals surface area contributed by atoms with Gasteiger partial charge in [0.1, 0.15) is 17.3 Å². The minimum Gasteiger partial charge on any atom is -0.469 e. The maximum absolute atomic E-state index is 5.61. The normalized spacial score (nSPS) is 11.2. The second-order valence-electron chi connectivity index (χ2n) is 11.4. The molecule has 6 rings (SSSR count). The van der Waals surface area contributed by atoms with Crippen molar-refractivity contribution in [2.75, 3.05) is 55.2 Å². The van der Waals surface area contributed by atoms with Gasteiger partial charge in [-0.15, -0.1) is 0 Å². The molecule has 236 valence electrons. The van der Waals surface area contributed by atoms with E-state index in [0.717, 1.165) is 92.9 Å². The maximum atomic E-state index is 5.61. The Bertz CT molecular complexity index is 1510. The highest BCUT2D eigenvalue weighted by atomic mass is 16.3. The van der Waals surface area contributed by atoms with Gasteiger partial charge in [0.05, 0.1) is 18.8 Å². The monoisotopic (exact) mass is 614 g/mol. The fourth-order valence-electron chi connectivity index (χ4n) is 5.72. The fourth-order valence-corrected chi connectivity index (χ4v) is 5.72. The van der Waals surface area contributed by atoms with Gasteiger partial charge in [-0.05, 0) is 71.3 Å². The third-order valence-electron chi connectivity index (χ3n) is 8.12. The van der Waals surface area contributed by atoms with Crippen molar-refractivity contribution in [2.45, 2.75) is 19.3 Å². The number of hydrogen-bond donors (Lipinski definition) is 3. The third-order valence-corrected chi connectivity index (χ3v) is 8.12. The lowest BCUT2D eigenvalue weighted by Crippen LogP contribution is -2.36. The minimum atomic E-state index is 0.766. The van der Waals surface area contributed by atoms with Crippen LogP contribution in [0.4, 0.5) is 17.1 Å². The summed E-state index contributed by atoms with van der Waals surface area (Å²) in [5.74, 6) is 2.90. The van der Waals surface area contributed by atoms with Crippen molar-refractivity contribution in [3.8, 4) is 0 Å². The van der Waals surface area contributed by atoms with Gasteiger partial charge in [0.25, 0.3) is 0 Å². The molecule has 0 aliphatic rings. The van der Waals surface area contributed by atoms with Crippen LogP contribution in [0.2, 0.25) is 0 Å². The molecule has 0 saturated heterocycles. The number of para-hydroxylation sites is 3. The van der Waals surface area contributed by atoms with Crippen LogP contribution < -0.4 is 16.0 Å². The summed E-state index contributed by atoms with van der Waals surface area (Å²) in [4.78, 5) is 2.51. The van der Waals surface area contributed by atoms with E-state index in [2.05, 4.69) is 93.6 Å². The first-order chi connectivity index (χ1) is 22.8.